The number of hydrogen-bond acceptors (Lipinski definition) is 1. The maximum Gasteiger partial charge on any atom is 0.0339 e. The van der Waals surface area contributed by atoms with Crippen LogP contribution < -0.4 is 0 Å². The van der Waals surface area contributed by atoms with Crippen molar-refractivity contribution in [2.24, 2.45) is 0 Å². The van der Waals surface area contributed by atoms with E-state index in [1.54, 1.807) is 11.3 Å². The van der Waals surface area contributed by atoms with Crippen LogP contribution in [-0.2, 0) is 0 Å². The van der Waals surface area contributed by atoms with Gasteiger partial charge in [0.05, 0.1) is 0 Å². The Labute approximate surface area is 79.3 Å². The third-order valence-corrected chi connectivity index (χ3v) is 2.16. The molecule has 0 amide bonds. The van der Waals surface area contributed by atoms with Gasteiger partial charge in [-0.1, -0.05) is 32.6 Å². The van der Waals surface area contributed by atoms with E-state index in [1.807, 2.05) is 32.9 Å². The fourth-order valence-corrected chi connectivity index (χ4v) is 1.65. The van der Waals surface area contributed by atoms with Crippen LogP contribution >= 0.6 is 11.3 Å². The standard InChI is InChI=1S/C9H10S.C2H6/c1-3-5-9-8(4-2)6-7-10-9;1-2/h3-7H,2H2,1H3;1-2H3/b5-3-;. The largest absolute Gasteiger partial charge is 0.144 e. The lowest BCUT2D eigenvalue weighted by Crippen LogP contribution is -1.65. The van der Waals surface area contributed by atoms with Crippen molar-refractivity contribution in [3.8, 4) is 0 Å². The summed E-state index contributed by atoms with van der Waals surface area (Å²) >= 11 is 1.74. The molecule has 0 aromatic carbocycles. The van der Waals surface area contributed by atoms with Crippen molar-refractivity contribution in [1.29, 1.82) is 0 Å². The lowest BCUT2D eigenvalue weighted by molar-refractivity contribution is 1.50. The topological polar surface area (TPSA) is 0 Å². The van der Waals surface area contributed by atoms with Crippen LogP contribution in [0.5, 0.6) is 0 Å². The zero-order valence-corrected chi connectivity index (χ0v) is 8.82. The predicted molar refractivity (Wildman–Crippen MR) is 60.5 cm³/mol. The summed E-state index contributed by atoms with van der Waals surface area (Å²) in [6.07, 6.45) is 6.02. The van der Waals surface area contributed by atoms with Crippen molar-refractivity contribution in [3.05, 3.63) is 34.5 Å². The van der Waals surface area contributed by atoms with Crippen molar-refractivity contribution in [3.63, 3.8) is 0 Å². The van der Waals surface area contributed by atoms with Gasteiger partial charge in [0, 0.05) is 4.88 Å². The lowest BCUT2D eigenvalue weighted by Gasteiger charge is -1.86. The fraction of sp³-hybridized carbons (Fsp3) is 0.273. The van der Waals surface area contributed by atoms with Gasteiger partial charge in [-0.05, 0) is 30.0 Å². The highest BCUT2D eigenvalue weighted by molar-refractivity contribution is 7.11. The summed E-state index contributed by atoms with van der Waals surface area (Å²) < 4.78 is 0. The van der Waals surface area contributed by atoms with E-state index in [1.165, 1.54) is 10.4 Å². The summed E-state index contributed by atoms with van der Waals surface area (Å²) in [5.74, 6) is 0. The summed E-state index contributed by atoms with van der Waals surface area (Å²) in [7, 11) is 0. The van der Waals surface area contributed by atoms with E-state index in [0.717, 1.165) is 0 Å². The van der Waals surface area contributed by atoms with Crippen LogP contribution in [0.25, 0.3) is 12.2 Å². The van der Waals surface area contributed by atoms with Gasteiger partial charge in [0.2, 0.25) is 0 Å². The first-order valence-electron chi connectivity index (χ1n) is 4.21. The molecule has 0 fully saturated rings. The summed E-state index contributed by atoms with van der Waals surface area (Å²) in [4.78, 5) is 1.29. The van der Waals surface area contributed by atoms with Gasteiger partial charge in [0.1, 0.15) is 0 Å². The SMILES string of the molecule is C=Cc1ccsc1/C=C\C.CC. The molecule has 0 spiro atoms. The number of thiophene rings is 1. The molecule has 1 heterocycles. The van der Waals surface area contributed by atoms with Crippen molar-refractivity contribution >= 4 is 23.5 Å². The maximum atomic E-state index is 3.72. The number of rotatable bonds is 2. The molecule has 66 valence electrons. The highest BCUT2D eigenvalue weighted by Crippen LogP contribution is 2.18. The van der Waals surface area contributed by atoms with Crippen LogP contribution in [0, 0.1) is 0 Å². The molecule has 0 aliphatic carbocycles. The van der Waals surface area contributed by atoms with E-state index in [2.05, 4.69) is 24.1 Å². The van der Waals surface area contributed by atoms with Gasteiger partial charge in [0.25, 0.3) is 0 Å². The molecule has 0 saturated carbocycles. The normalized spacial score (nSPS) is 9.25. The van der Waals surface area contributed by atoms with E-state index in [9.17, 15) is 0 Å². The van der Waals surface area contributed by atoms with E-state index in [0.29, 0.717) is 0 Å². The molecule has 0 bridgehead atoms. The minimum atomic E-state index is 1.23. The molecule has 0 saturated heterocycles. The van der Waals surface area contributed by atoms with Gasteiger partial charge >= 0.3 is 0 Å². The van der Waals surface area contributed by atoms with E-state index in [4.69, 9.17) is 0 Å². The Hall–Kier alpha value is -0.820. The lowest BCUT2D eigenvalue weighted by atomic mass is 10.2. The molecule has 12 heavy (non-hydrogen) atoms. The zero-order chi connectivity index (χ0) is 9.40. The molecule has 0 unspecified atom stereocenters. The van der Waals surface area contributed by atoms with Crippen LogP contribution in [-0.4, -0.2) is 0 Å². The molecule has 0 nitrogen and oxygen atoms in total. The van der Waals surface area contributed by atoms with E-state index in [-0.39, 0.29) is 0 Å². The predicted octanol–water partition coefficient (Wildman–Crippen LogP) is 4.45. The van der Waals surface area contributed by atoms with E-state index < -0.39 is 0 Å². The van der Waals surface area contributed by atoms with E-state index >= 15 is 0 Å². The molecular weight excluding hydrogens is 164 g/mol. The van der Waals surface area contributed by atoms with Crippen LogP contribution in [0.1, 0.15) is 31.2 Å². The van der Waals surface area contributed by atoms with Gasteiger partial charge in [0.15, 0.2) is 0 Å². The summed E-state index contributed by atoms with van der Waals surface area (Å²) in [6.45, 7) is 9.74. The number of hydrogen-bond donors (Lipinski definition) is 0. The smallest absolute Gasteiger partial charge is 0.0339 e. The van der Waals surface area contributed by atoms with Crippen molar-refractivity contribution in [1.82, 2.24) is 0 Å². The highest BCUT2D eigenvalue weighted by atomic mass is 32.1. The van der Waals surface area contributed by atoms with Crippen LogP contribution in [0.3, 0.4) is 0 Å². The molecule has 0 N–H and O–H groups in total. The first kappa shape index (κ1) is 11.2. The summed E-state index contributed by atoms with van der Waals surface area (Å²) in [5.41, 5.74) is 1.23. The Kier molecular flexibility index (Phi) is 6.39. The van der Waals surface area contributed by atoms with Gasteiger partial charge in [-0.3, -0.25) is 0 Å². The third kappa shape index (κ3) is 3.05. The van der Waals surface area contributed by atoms with Gasteiger partial charge in [-0.25, -0.2) is 0 Å². The minimum Gasteiger partial charge on any atom is -0.144 e. The monoisotopic (exact) mass is 180 g/mol. The molecule has 1 aromatic rings. The quantitative estimate of drug-likeness (QED) is 0.630. The average molecular weight is 180 g/mol. The van der Waals surface area contributed by atoms with Crippen LogP contribution in [0.4, 0.5) is 0 Å². The van der Waals surface area contributed by atoms with Crippen molar-refractivity contribution in [2.45, 2.75) is 20.8 Å². The van der Waals surface area contributed by atoms with Gasteiger partial charge in [-0.2, -0.15) is 0 Å². The Morgan fingerprint density at radius 3 is 2.58 bits per heavy atom. The van der Waals surface area contributed by atoms with Crippen molar-refractivity contribution < 1.29 is 0 Å². The third-order valence-electron chi connectivity index (χ3n) is 1.27. The summed E-state index contributed by atoms with van der Waals surface area (Å²) in [6, 6.07) is 2.08. The minimum absolute atomic E-state index is 1.23. The fourth-order valence-electron chi connectivity index (χ4n) is 0.786. The summed E-state index contributed by atoms with van der Waals surface area (Å²) in [5, 5.41) is 2.08. The Balaban J connectivity index is 0.000000561. The maximum absolute atomic E-state index is 3.72. The second-order valence-electron chi connectivity index (χ2n) is 1.94. The number of allylic oxidation sites excluding steroid dienone is 1. The Bertz CT molecular complexity index is 243. The molecule has 0 radical (unpaired) electrons. The average Bonchev–Trinajstić information content (AvgIpc) is 2.56. The molecule has 1 heteroatoms. The second kappa shape index (κ2) is 6.86. The molecule has 0 aliphatic rings. The van der Waals surface area contributed by atoms with Crippen LogP contribution in [0.15, 0.2) is 24.1 Å². The van der Waals surface area contributed by atoms with Gasteiger partial charge < -0.3 is 0 Å². The molecule has 1 aromatic heterocycles. The highest BCUT2D eigenvalue weighted by Gasteiger charge is 1.93. The van der Waals surface area contributed by atoms with Crippen molar-refractivity contribution in [2.75, 3.05) is 0 Å². The molecule has 1 rings (SSSR count). The first-order valence-corrected chi connectivity index (χ1v) is 5.09. The molecule has 0 atom stereocenters. The molecular formula is C11H16S. The zero-order valence-electron chi connectivity index (χ0n) is 8.00. The van der Waals surface area contributed by atoms with Gasteiger partial charge in [-0.15, -0.1) is 11.3 Å². The molecule has 0 aliphatic heterocycles. The Morgan fingerprint density at radius 1 is 1.42 bits per heavy atom. The second-order valence-corrected chi connectivity index (χ2v) is 2.89. The Morgan fingerprint density at radius 2 is 2.08 bits per heavy atom. The first-order chi connectivity index (χ1) is 5.88. The van der Waals surface area contributed by atoms with Crippen LogP contribution in [0.2, 0.25) is 0 Å².